The third kappa shape index (κ3) is 1.18. The number of nitrogens with zero attached hydrogens (tertiary/aromatic N) is 1. The second kappa shape index (κ2) is 2.34. The number of methoxy groups -OCH3 is 1. The molecule has 0 spiro atoms. The second-order valence-corrected chi connectivity index (χ2v) is 3.45. The fourth-order valence-electron chi connectivity index (χ4n) is 0.311. The van der Waals surface area contributed by atoms with Gasteiger partial charge in [0, 0.05) is 0 Å². The van der Waals surface area contributed by atoms with Gasteiger partial charge in [0.25, 0.3) is 0 Å². The van der Waals surface area contributed by atoms with Crippen LogP contribution in [0.4, 0.5) is 0 Å². The standard InChI is InChI=1S/C4H5NOTe/c1-6-4-5-2-3-7-4/h2-3H,1H3. The van der Waals surface area contributed by atoms with Crippen molar-refractivity contribution in [1.82, 2.24) is 4.98 Å². The van der Waals surface area contributed by atoms with Crippen LogP contribution in [0.1, 0.15) is 0 Å². The second-order valence-electron chi connectivity index (χ2n) is 1.00. The molecule has 2 nitrogen and oxygen atoms in total. The molecule has 0 radical (unpaired) electrons. The van der Waals surface area contributed by atoms with Gasteiger partial charge in [0.05, 0.1) is 0 Å². The Kier molecular flexibility index (Phi) is 1.72. The molecule has 1 aromatic rings. The van der Waals surface area contributed by atoms with Crippen LogP contribution in [0.5, 0.6) is 3.90 Å². The van der Waals surface area contributed by atoms with Crippen molar-refractivity contribution in [3.05, 3.63) is 10.3 Å². The summed E-state index contributed by atoms with van der Waals surface area (Å²) < 4.78 is 7.88. The van der Waals surface area contributed by atoms with E-state index in [-0.39, 0.29) is 20.4 Å². The van der Waals surface area contributed by atoms with Crippen molar-refractivity contribution in [3.63, 3.8) is 0 Å². The van der Waals surface area contributed by atoms with Crippen LogP contribution in [0.2, 0.25) is 0 Å². The molecule has 0 atom stereocenters. The van der Waals surface area contributed by atoms with Crippen molar-refractivity contribution in [3.8, 4) is 3.90 Å². The van der Waals surface area contributed by atoms with E-state index in [1.165, 1.54) is 0 Å². The first-order valence-electron chi connectivity index (χ1n) is 1.87. The average molecular weight is 211 g/mol. The van der Waals surface area contributed by atoms with Crippen molar-refractivity contribution >= 4 is 20.4 Å². The van der Waals surface area contributed by atoms with Crippen LogP contribution in [-0.4, -0.2) is 32.5 Å². The summed E-state index contributed by atoms with van der Waals surface area (Å²) in [7, 11) is 1.66. The molecule has 3 heteroatoms. The first-order valence-corrected chi connectivity index (χ1v) is 4.38. The van der Waals surface area contributed by atoms with Crippen LogP contribution in [0, 0.1) is 0 Å². The zero-order valence-corrected chi connectivity index (χ0v) is 6.25. The van der Waals surface area contributed by atoms with Crippen LogP contribution in [0.25, 0.3) is 0 Å². The molecule has 0 aliphatic carbocycles. The molecular weight excluding hydrogens is 206 g/mol. The van der Waals surface area contributed by atoms with Gasteiger partial charge in [0.1, 0.15) is 0 Å². The van der Waals surface area contributed by atoms with Crippen LogP contribution < -0.4 is 4.74 Å². The number of hydrogen-bond donors (Lipinski definition) is 0. The molecule has 38 valence electrons. The molecule has 1 aromatic heterocycles. The predicted molar refractivity (Wildman–Crippen MR) is 27.7 cm³/mol. The summed E-state index contributed by atoms with van der Waals surface area (Å²) in [5.74, 6) is 0. The molecule has 0 aliphatic heterocycles. The predicted octanol–water partition coefficient (Wildman–Crippen LogP) is 0.147. The van der Waals surface area contributed by atoms with E-state index in [9.17, 15) is 0 Å². The average Bonchev–Trinajstić information content (AvgIpc) is 2.14. The SMILES string of the molecule is COc1ncc[te]1. The molecule has 0 saturated carbocycles. The Morgan fingerprint density at radius 3 is 3.00 bits per heavy atom. The van der Waals surface area contributed by atoms with E-state index in [1.54, 1.807) is 13.3 Å². The zero-order chi connectivity index (χ0) is 5.11. The Balaban J connectivity index is 2.76. The van der Waals surface area contributed by atoms with Crippen molar-refractivity contribution < 1.29 is 4.74 Å². The van der Waals surface area contributed by atoms with Gasteiger partial charge < -0.3 is 0 Å². The summed E-state index contributed by atoms with van der Waals surface area (Å²) >= 11 is -0.128. The van der Waals surface area contributed by atoms with E-state index in [0.717, 1.165) is 3.90 Å². The van der Waals surface area contributed by atoms with Crippen molar-refractivity contribution in [2.24, 2.45) is 0 Å². The van der Waals surface area contributed by atoms with E-state index in [2.05, 4.69) is 9.07 Å². The molecule has 0 amide bonds. The number of ether oxygens (including phenoxy) is 1. The first-order chi connectivity index (χ1) is 3.43. The van der Waals surface area contributed by atoms with Gasteiger partial charge in [0.2, 0.25) is 0 Å². The van der Waals surface area contributed by atoms with Gasteiger partial charge in [-0.3, -0.25) is 0 Å². The molecule has 1 rings (SSSR count). The van der Waals surface area contributed by atoms with Gasteiger partial charge in [-0.1, -0.05) is 0 Å². The summed E-state index contributed by atoms with van der Waals surface area (Å²) in [6, 6.07) is 0. The molecule has 0 bridgehead atoms. The van der Waals surface area contributed by atoms with Gasteiger partial charge in [-0.2, -0.15) is 0 Å². The Labute approximate surface area is 51.8 Å². The number of rotatable bonds is 1. The maximum atomic E-state index is 4.86. The molecule has 0 saturated heterocycles. The minimum atomic E-state index is -0.128. The minimum absolute atomic E-state index is 0.128. The Bertz CT molecular complexity index is 126. The molecule has 0 aliphatic rings. The van der Waals surface area contributed by atoms with Gasteiger partial charge in [-0.15, -0.1) is 0 Å². The molecular formula is C4H5NOTe. The van der Waals surface area contributed by atoms with Crippen LogP contribution >= 0.6 is 0 Å². The molecule has 0 aromatic carbocycles. The van der Waals surface area contributed by atoms with Crippen LogP contribution in [0.15, 0.2) is 10.3 Å². The van der Waals surface area contributed by atoms with E-state index in [0.29, 0.717) is 0 Å². The van der Waals surface area contributed by atoms with Gasteiger partial charge in [-0.25, -0.2) is 0 Å². The molecule has 7 heavy (non-hydrogen) atoms. The van der Waals surface area contributed by atoms with E-state index in [1.807, 2.05) is 0 Å². The topological polar surface area (TPSA) is 22.1 Å². The van der Waals surface area contributed by atoms with Gasteiger partial charge in [0.15, 0.2) is 0 Å². The summed E-state index contributed by atoms with van der Waals surface area (Å²) in [6.07, 6.45) is 1.81. The van der Waals surface area contributed by atoms with E-state index < -0.39 is 0 Å². The Morgan fingerprint density at radius 1 is 1.86 bits per heavy atom. The van der Waals surface area contributed by atoms with Crippen molar-refractivity contribution in [2.75, 3.05) is 7.11 Å². The first kappa shape index (κ1) is 5.14. The fourth-order valence-corrected chi connectivity index (χ4v) is 1.61. The summed E-state index contributed by atoms with van der Waals surface area (Å²) in [6.45, 7) is 0. The van der Waals surface area contributed by atoms with E-state index >= 15 is 0 Å². The zero-order valence-electron chi connectivity index (χ0n) is 3.92. The molecule has 0 fully saturated rings. The fraction of sp³-hybridized carbons (Fsp3) is 0.250. The summed E-state index contributed by atoms with van der Waals surface area (Å²) in [4.78, 5) is 3.93. The Morgan fingerprint density at radius 2 is 2.71 bits per heavy atom. The number of aromatic nitrogens is 1. The maximum absolute atomic E-state index is 4.86. The number of hydrogen-bond acceptors (Lipinski definition) is 2. The van der Waals surface area contributed by atoms with Gasteiger partial charge >= 0.3 is 51.4 Å². The third-order valence-corrected chi connectivity index (χ3v) is 2.67. The summed E-state index contributed by atoms with van der Waals surface area (Å²) in [5.41, 5.74) is 0. The molecule has 1 heterocycles. The van der Waals surface area contributed by atoms with Crippen LogP contribution in [0.3, 0.4) is 0 Å². The quantitative estimate of drug-likeness (QED) is 0.616. The van der Waals surface area contributed by atoms with Crippen molar-refractivity contribution in [1.29, 1.82) is 0 Å². The van der Waals surface area contributed by atoms with Crippen molar-refractivity contribution in [2.45, 2.75) is 0 Å². The normalized spacial score (nSPS) is 8.71. The van der Waals surface area contributed by atoms with E-state index in [4.69, 9.17) is 4.74 Å². The van der Waals surface area contributed by atoms with Crippen LogP contribution in [-0.2, 0) is 0 Å². The molecule has 0 unspecified atom stereocenters. The third-order valence-electron chi connectivity index (χ3n) is 0.584. The van der Waals surface area contributed by atoms with Gasteiger partial charge in [-0.05, 0) is 0 Å². The Hall–Kier alpha value is -0.000390. The molecule has 0 N–H and O–H groups in total. The monoisotopic (exact) mass is 213 g/mol. The summed E-state index contributed by atoms with van der Waals surface area (Å²) in [5, 5.41) is 0.